The van der Waals surface area contributed by atoms with Gasteiger partial charge in [-0.2, -0.15) is 0 Å². The summed E-state index contributed by atoms with van der Waals surface area (Å²) >= 11 is 0. The molecule has 0 spiro atoms. The van der Waals surface area contributed by atoms with Crippen molar-refractivity contribution >= 4 is 11.4 Å². The minimum atomic E-state index is 0.0187. The first-order valence-electron chi connectivity index (χ1n) is 6.92. The molecule has 1 rings (SSSR count). The van der Waals surface area contributed by atoms with Crippen LogP contribution in [-0.4, -0.2) is 5.78 Å². The molecule has 0 aliphatic heterocycles. The number of rotatable bonds is 6. The quantitative estimate of drug-likeness (QED) is 0.508. The average Bonchev–Trinajstić information content (AvgIpc) is 2.36. The maximum absolute atomic E-state index is 12.3. The predicted molar refractivity (Wildman–Crippen MR) is 83.2 cm³/mol. The number of hydrogen-bond acceptors (Lipinski definition) is 1. The van der Waals surface area contributed by atoms with Gasteiger partial charge in [-0.15, -0.1) is 6.58 Å². The summed E-state index contributed by atoms with van der Waals surface area (Å²) in [5.74, 6) is 0.677. The van der Waals surface area contributed by atoms with Crippen LogP contribution in [0.3, 0.4) is 0 Å². The van der Waals surface area contributed by atoms with Gasteiger partial charge in [0.2, 0.25) is 0 Å². The number of ketones is 1. The first-order valence-corrected chi connectivity index (χ1v) is 6.92. The second kappa shape index (κ2) is 7.08. The third kappa shape index (κ3) is 4.20. The maximum Gasteiger partial charge on any atom is 0.166 e. The minimum Gasteiger partial charge on any atom is -0.294 e. The predicted octanol–water partition coefficient (Wildman–Crippen LogP) is 5.14. The summed E-state index contributed by atoms with van der Waals surface area (Å²) < 4.78 is 0. The molecule has 0 fully saturated rings. The molecule has 0 saturated carbocycles. The van der Waals surface area contributed by atoms with E-state index in [4.69, 9.17) is 0 Å². The maximum atomic E-state index is 12.3. The van der Waals surface area contributed by atoms with Crippen LogP contribution < -0.4 is 0 Å². The fraction of sp³-hybridized carbons (Fsp3) is 0.389. The first-order chi connectivity index (χ1) is 8.97. The van der Waals surface area contributed by atoms with E-state index in [1.54, 1.807) is 0 Å². The largest absolute Gasteiger partial charge is 0.294 e. The Morgan fingerprint density at radius 2 is 1.74 bits per heavy atom. The Hall–Kier alpha value is -1.63. The molecule has 1 heteroatoms. The Kier molecular flexibility index (Phi) is 5.75. The Balaban J connectivity index is 3.31. The summed E-state index contributed by atoms with van der Waals surface area (Å²) in [6.07, 6.45) is 4.90. The van der Waals surface area contributed by atoms with Crippen molar-refractivity contribution in [2.45, 2.75) is 34.1 Å². The third-order valence-electron chi connectivity index (χ3n) is 2.96. The topological polar surface area (TPSA) is 17.1 Å². The van der Waals surface area contributed by atoms with E-state index >= 15 is 0 Å². The van der Waals surface area contributed by atoms with Crippen molar-refractivity contribution in [2.75, 3.05) is 0 Å². The van der Waals surface area contributed by atoms with E-state index in [1.807, 2.05) is 44.2 Å². The van der Waals surface area contributed by atoms with Crippen LogP contribution in [-0.2, 0) is 0 Å². The Bertz CT molecular complexity index is 478. The number of hydrogen-bond donors (Lipinski definition) is 0. The van der Waals surface area contributed by atoms with Gasteiger partial charge in [0.05, 0.1) is 0 Å². The molecule has 0 aliphatic carbocycles. The fourth-order valence-corrected chi connectivity index (χ4v) is 2.11. The molecule has 102 valence electrons. The monoisotopic (exact) mass is 256 g/mol. The molecule has 1 nitrogen and oxygen atoms in total. The molecule has 0 N–H and O–H groups in total. The highest BCUT2D eigenvalue weighted by molar-refractivity contribution is 6.01. The van der Waals surface area contributed by atoms with Crippen molar-refractivity contribution in [2.24, 2.45) is 11.8 Å². The second-order valence-electron chi connectivity index (χ2n) is 5.49. The molecule has 19 heavy (non-hydrogen) atoms. The molecular formula is C18H24O. The Labute approximate surface area is 117 Å². The van der Waals surface area contributed by atoms with E-state index in [0.29, 0.717) is 5.92 Å². The van der Waals surface area contributed by atoms with Gasteiger partial charge in [0.25, 0.3) is 0 Å². The summed E-state index contributed by atoms with van der Waals surface area (Å²) in [5, 5.41) is 0. The zero-order valence-electron chi connectivity index (χ0n) is 12.4. The standard InChI is InChI=1S/C18H24O/c1-6-9-15(12-13(2)3)16-10-7-8-11-17(16)18(19)14(4)5/h6-8,10-14H,1,9H2,2-5H3. The first kappa shape index (κ1) is 15.4. The second-order valence-corrected chi connectivity index (χ2v) is 5.49. The molecule has 0 aliphatic rings. The molecule has 0 heterocycles. The van der Waals surface area contributed by atoms with Crippen LogP contribution in [0.15, 0.2) is 43.0 Å². The molecule has 0 aromatic heterocycles. The molecule has 0 bridgehead atoms. The van der Waals surface area contributed by atoms with Crippen LogP contribution in [0.2, 0.25) is 0 Å². The summed E-state index contributed by atoms with van der Waals surface area (Å²) in [6.45, 7) is 12.0. The normalized spacial score (nSPS) is 12.0. The van der Waals surface area contributed by atoms with Gasteiger partial charge in [-0.3, -0.25) is 4.79 Å². The lowest BCUT2D eigenvalue weighted by atomic mass is 9.90. The zero-order chi connectivity index (χ0) is 14.4. The average molecular weight is 256 g/mol. The number of carbonyl (C=O) groups excluding carboxylic acids is 1. The van der Waals surface area contributed by atoms with Gasteiger partial charge in [0, 0.05) is 11.5 Å². The van der Waals surface area contributed by atoms with Crippen molar-refractivity contribution in [1.82, 2.24) is 0 Å². The SMILES string of the molecule is C=CCC(=CC(C)C)c1ccccc1C(=O)C(C)C. The number of Topliss-reactive ketones (excluding diaryl/α,β-unsaturated/α-hetero) is 1. The van der Waals surface area contributed by atoms with Crippen molar-refractivity contribution in [3.63, 3.8) is 0 Å². The van der Waals surface area contributed by atoms with Crippen molar-refractivity contribution in [1.29, 1.82) is 0 Å². The summed E-state index contributed by atoms with van der Waals surface area (Å²) in [6, 6.07) is 7.88. The van der Waals surface area contributed by atoms with Crippen LogP contribution in [0.1, 0.15) is 50.0 Å². The number of allylic oxidation sites excluding steroid dienone is 3. The van der Waals surface area contributed by atoms with Crippen molar-refractivity contribution < 1.29 is 4.79 Å². The van der Waals surface area contributed by atoms with Crippen molar-refractivity contribution in [3.05, 3.63) is 54.1 Å². The van der Waals surface area contributed by atoms with E-state index in [1.165, 1.54) is 5.57 Å². The molecule has 0 unspecified atom stereocenters. The lowest BCUT2D eigenvalue weighted by Crippen LogP contribution is -2.10. The highest BCUT2D eigenvalue weighted by atomic mass is 16.1. The highest BCUT2D eigenvalue weighted by Gasteiger charge is 2.16. The lowest BCUT2D eigenvalue weighted by Gasteiger charge is -2.14. The minimum absolute atomic E-state index is 0.0187. The van der Waals surface area contributed by atoms with E-state index < -0.39 is 0 Å². The third-order valence-corrected chi connectivity index (χ3v) is 2.96. The number of carbonyl (C=O) groups is 1. The smallest absolute Gasteiger partial charge is 0.166 e. The summed E-state index contributed by atoms with van der Waals surface area (Å²) in [7, 11) is 0. The van der Waals surface area contributed by atoms with Crippen LogP contribution in [0.25, 0.3) is 5.57 Å². The molecule has 1 aromatic carbocycles. The van der Waals surface area contributed by atoms with Crippen LogP contribution in [0, 0.1) is 11.8 Å². The molecule has 0 atom stereocenters. The van der Waals surface area contributed by atoms with Gasteiger partial charge < -0.3 is 0 Å². The Morgan fingerprint density at radius 3 is 2.21 bits per heavy atom. The van der Waals surface area contributed by atoms with Gasteiger partial charge in [-0.05, 0) is 23.5 Å². The lowest BCUT2D eigenvalue weighted by molar-refractivity contribution is 0.0939. The molecule has 0 saturated heterocycles. The fourth-order valence-electron chi connectivity index (χ4n) is 2.11. The van der Waals surface area contributed by atoms with E-state index in [-0.39, 0.29) is 11.7 Å². The van der Waals surface area contributed by atoms with E-state index in [9.17, 15) is 4.79 Å². The van der Waals surface area contributed by atoms with Gasteiger partial charge in [-0.25, -0.2) is 0 Å². The van der Waals surface area contributed by atoms with Gasteiger partial charge in [0.15, 0.2) is 5.78 Å². The molecular weight excluding hydrogens is 232 g/mol. The van der Waals surface area contributed by atoms with Crippen LogP contribution >= 0.6 is 0 Å². The summed E-state index contributed by atoms with van der Waals surface area (Å²) in [4.78, 5) is 12.3. The van der Waals surface area contributed by atoms with E-state index in [2.05, 4.69) is 26.5 Å². The molecule has 1 aromatic rings. The van der Waals surface area contributed by atoms with E-state index in [0.717, 1.165) is 17.5 Å². The van der Waals surface area contributed by atoms with Gasteiger partial charge in [0.1, 0.15) is 0 Å². The Morgan fingerprint density at radius 1 is 1.16 bits per heavy atom. The number of benzene rings is 1. The van der Waals surface area contributed by atoms with Gasteiger partial charge in [-0.1, -0.05) is 64.1 Å². The summed E-state index contributed by atoms with van der Waals surface area (Å²) in [5.41, 5.74) is 3.07. The van der Waals surface area contributed by atoms with Crippen LogP contribution in [0.5, 0.6) is 0 Å². The highest BCUT2D eigenvalue weighted by Crippen LogP contribution is 2.26. The van der Waals surface area contributed by atoms with Crippen molar-refractivity contribution in [3.8, 4) is 0 Å². The van der Waals surface area contributed by atoms with Gasteiger partial charge >= 0.3 is 0 Å². The molecule has 0 radical (unpaired) electrons. The molecule has 0 amide bonds. The van der Waals surface area contributed by atoms with Crippen LogP contribution in [0.4, 0.5) is 0 Å². The zero-order valence-corrected chi connectivity index (χ0v) is 12.4.